The molecule has 1 heterocycles. The molecule has 2 unspecified atom stereocenters. The van der Waals surface area contributed by atoms with Crippen LogP contribution >= 0.6 is 8.25 Å². The minimum Gasteiger partial charge on any atom is -0.180 e. The summed E-state index contributed by atoms with van der Waals surface area (Å²) in [4.78, 5) is 0. The predicted octanol–water partition coefficient (Wildman–Crippen LogP) is 1.72. The van der Waals surface area contributed by atoms with E-state index < -0.39 is 26.3 Å². The standard InChI is InChI=1S/C5H14O3PSi2/c1-3-10-5-11(4-2)8-9(6)7-10/h10-11H,3-5H2,1-2H3/q+1. The highest BCUT2D eigenvalue weighted by Crippen LogP contribution is 2.35. The van der Waals surface area contributed by atoms with Crippen molar-refractivity contribution in [2.24, 2.45) is 0 Å². The van der Waals surface area contributed by atoms with Crippen molar-refractivity contribution in [2.75, 3.05) is 0 Å². The summed E-state index contributed by atoms with van der Waals surface area (Å²) in [6, 6.07) is 2.18. The normalized spacial score (nSPS) is 35.6. The lowest BCUT2D eigenvalue weighted by Crippen LogP contribution is -2.30. The Kier molecular flexibility index (Phi) is 3.88. The van der Waals surface area contributed by atoms with Crippen LogP contribution in [0.5, 0.6) is 0 Å². The third-order valence-electron chi connectivity index (χ3n) is 1.91. The Morgan fingerprint density at radius 3 is 2.09 bits per heavy atom. The molecule has 0 N–H and O–H groups in total. The number of hydrogen-bond donors (Lipinski definition) is 0. The predicted molar refractivity (Wildman–Crippen MR) is 49.8 cm³/mol. The van der Waals surface area contributed by atoms with E-state index in [2.05, 4.69) is 13.8 Å². The molecule has 0 bridgehead atoms. The van der Waals surface area contributed by atoms with Crippen LogP contribution in [0.25, 0.3) is 0 Å². The van der Waals surface area contributed by atoms with Crippen molar-refractivity contribution in [1.29, 1.82) is 0 Å². The van der Waals surface area contributed by atoms with E-state index in [9.17, 15) is 4.57 Å². The molecule has 0 aliphatic carbocycles. The van der Waals surface area contributed by atoms with E-state index in [4.69, 9.17) is 8.43 Å². The van der Waals surface area contributed by atoms with E-state index in [1.54, 1.807) is 0 Å². The molecule has 0 aromatic rings. The van der Waals surface area contributed by atoms with E-state index in [0.29, 0.717) is 0 Å². The second-order valence-corrected chi connectivity index (χ2v) is 10.9. The maximum atomic E-state index is 11.0. The molecular formula is C5H14O3PSi2+. The zero-order valence-corrected chi connectivity index (χ0v) is 10.2. The summed E-state index contributed by atoms with van der Waals surface area (Å²) in [5.41, 5.74) is 1.16. The smallest absolute Gasteiger partial charge is 0.180 e. The number of rotatable bonds is 2. The summed E-state index contributed by atoms with van der Waals surface area (Å²) in [7, 11) is -3.88. The molecular weight excluding hydrogens is 195 g/mol. The van der Waals surface area contributed by atoms with Crippen LogP contribution in [0.2, 0.25) is 17.8 Å². The van der Waals surface area contributed by atoms with Gasteiger partial charge in [0, 0.05) is 4.57 Å². The van der Waals surface area contributed by atoms with Gasteiger partial charge in [-0.2, -0.15) is 8.43 Å². The monoisotopic (exact) mass is 209 g/mol. The minimum atomic E-state index is -1.71. The van der Waals surface area contributed by atoms with Crippen LogP contribution < -0.4 is 0 Å². The van der Waals surface area contributed by atoms with Gasteiger partial charge in [0.05, 0.1) is 0 Å². The zero-order chi connectivity index (χ0) is 8.27. The Labute approximate surface area is 71.5 Å². The van der Waals surface area contributed by atoms with Crippen LogP contribution in [0.15, 0.2) is 0 Å². The average Bonchev–Trinajstić information content (AvgIpc) is 2.03. The molecule has 1 rings (SSSR count). The molecule has 6 heteroatoms. The van der Waals surface area contributed by atoms with Crippen molar-refractivity contribution in [3.05, 3.63) is 0 Å². The highest BCUT2D eigenvalue weighted by Gasteiger charge is 2.39. The Balaban J connectivity index is 2.43. The summed E-state index contributed by atoms with van der Waals surface area (Å²) >= 11 is 0. The van der Waals surface area contributed by atoms with Crippen molar-refractivity contribution < 1.29 is 13.0 Å². The average molecular weight is 209 g/mol. The SMILES string of the molecule is CC[SiH]1C[SiH](CC)O[P+](=O)O1. The van der Waals surface area contributed by atoms with Gasteiger partial charge in [-0.3, -0.25) is 0 Å². The third kappa shape index (κ3) is 2.76. The van der Waals surface area contributed by atoms with Crippen molar-refractivity contribution in [3.8, 4) is 0 Å². The summed E-state index contributed by atoms with van der Waals surface area (Å²) < 4.78 is 21.4. The molecule has 3 nitrogen and oxygen atoms in total. The molecule has 0 saturated carbocycles. The molecule has 0 amide bonds. The lowest BCUT2D eigenvalue weighted by molar-refractivity contribution is 0.409. The molecule has 1 saturated heterocycles. The second-order valence-electron chi connectivity index (χ2n) is 2.73. The van der Waals surface area contributed by atoms with Crippen LogP contribution in [-0.2, 0) is 13.0 Å². The molecule has 2 atom stereocenters. The van der Waals surface area contributed by atoms with Crippen molar-refractivity contribution >= 4 is 26.3 Å². The molecule has 1 aliphatic rings. The fourth-order valence-corrected chi connectivity index (χ4v) is 12.2. The van der Waals surface area contributed by atoms with Gasteiger partial charge in [0.25, 0.3) is 18.1 Å². The van der Waals surface area contributed by atoms with Crippen molar-refractivity contribution in [1.82, 2.24) is 0 Å². The third-order valence-corrected chi connectivity index (χ3v) is 11.7. The first-order valence-electron chi connectivity index (χ1n) is 4.07. The van der Waals surface area contributed by atoms with Gasteiger partial charge >= 0.3 is 8.25 Å². The van der Waals surface area contributed by atoms with E-state index >= 15 is 0 Å². The lowest BCUT2D eigenvalue weighted by Gasteiger charge is -2.14. The first-order chi connectivity index (χ1) is 5.26. The number of hydrogen-bond acceptors (Lipinski definition) is 3. The Morgan fingerprint density at radius 2 is 1.73 bits per heavy atom. The van der Waals surface area contributed by atoms with E-state index in [1.807, 2.05) is 0 Å². The van der Waals surface area contributed by atoms with Crippen molar-refractivity contribution in [3.63, 3.8) is 0 Å². The summed E-state index contributed by atoms with van der Waals surface area (Å²) in [5.74, 6) is 0. The van der Waals surface area contributed by atoms with E-state index in [0.717, 1.165) is 17.8 Å². The lowest BCUT2D eigenvalue weighted by atomic mass is 11.0. The maximum Gasteiger partial charge on any atom is 0.672 e. The van der Waals surface area contributed by atoms with Crippen LogP contribution in [0, 0.1) is 0 Å². The van der Waals surface area contributed by atoms with Crippen LogP contribution in [0.1, 0.15) is 13.8 Å². The largest absolute Gasteiger partial charge is 0.672 e. The molecule has 1 fully saturated rings. The summed E-state index contributed by atoms with van der Waals surface area (Å²) in [6.45, 7) is 4.24. The molecule has 0 spiro atoms. The maximum absolute atomic E-state index is 11.0. The highest BCUT2D eigenvalue weighted by atomic mass is 31.1. The molecule has 0 aromatic carbocycles. The van der Waals surface area contributed by atoms with Gasteiger partial charge in [0.2, 0.25) is 0 Å². The van der Waals surface area contributed by atoms with Crippen LogP contribution in [0.4, 0.5) is 0 Å². The minimum absolute atomic E-state index is 1.09. The highest BCUT2D eigenvalue weighted by molar-refractivity contribution is 7.38. The van der Waals surface area contributed by atoms with Gasteiger partial charge in [-0.25, -0.2) is 0 Å². The summed E-state index contributed by atoms with van der Waals surface area (Å²) in [5, 5.41) is 0. The molecule has 1 aliphatic heterocycles. The second kappa shape index (κ2) is 4.47. The molecule has 0 radical (unpaired) electrons. The van der Waals surface area contributed by atoms with Gasteiger partial charge < -0.3 is 0 Å². The van der Waals surface area contributed by atoms with Gasteiger partial charge in [-0.05, 0) is 17.8 Å². The first-order valence-corrected chi connectivity index (χ1v) is 9.37. The molecule has 0 aromatic heterocycles. The van der Waals surface area contributed by atoms with Crippen LogP contribution in [0.3, 0.4) is 0 Å². The first kappa shape index (κ1) is 9.54. The zero-order valence-electron chi connectivity index (χ0n) is 6.95. The summed E-state index contributed by atoms with van der Waals surface area (Å²) in [6.07, 6.45) is 0. The fraction of sp³-hybridized carbons (Fsp3) is 1.00. The van der Waals surface area contributed by atoms with Gasteiger partial charge in [-0.1, -0.05) is 13.8 Å². The molecule has 64 valence electrons. The quantitative estimate of drug-likeness (QED) is 0.513. The van der Waals surface area contributed by atoms with E-state index in [-0.39, 0.29) is 0 Å². The van der Waals surface area contributed by atoms with Gasteiger partial charge in [-0.15, -0.1) is 0 Å². The topological polar surface area (TPSA) is 35.5 Å². The van der Waals surface area contributed by atoms with Crippen LogP contribution in [-0.4, -0.2) is 18.1 Å². The van der Waals surface area contributed by atoms with E-state index in [1.165, 1.54) is 0 Å². The van der Waals surface area contributed by atoms with Crippen molar-refractivity contribution in [2.45, 2.75) is 31.6 Å². The Morgan fingerprint density at radius 1 is 1.27 bits per heavy atom. The molecule has 11 heavy (non-hydrogen) atoms. The van der Waals surface area contributed by atoms with Gasteiger partial charge in [0.1, 0.15) is 0 Å². The fourth-order valence-electron chi connectivity index (χ4n) is 1.13. The Hall–Kier alpha value is 0.454. The Bertz CT molecular complexity index is 141. The van der Waals surface area contributed by atoms with Gasteiger partial charge in [0.15, 0.2) is 0 Å².